The summed E-state index contributed by atoms with van der Waals surface area (Å²) in [6, 6.07) is 0. The van der Waals surface area contributed by atoms with Crippen molar-refractivity contribution in [3.8, 4) is 0 Å². The number of amidine groups is 1. The minimum absolute atomic E-state index is 0.0356. The van der Waals surface area contributed by atoms with Gasteiger partial charge < -0.3 is 13.8 Å². The topological polar surface area (TPSA) is 87.9 Å². The average molecular weight is 536 g/mol. The number of halogens is 5. The van der Waals surface area contributed by atoms with E-state index in [1.165, 1.54) is 0 Å². The Labute approximate surface area is 203 Å². The van der Waals surface area contributed by atoms with E-state index in [1.54, 1.807) is 34.6 Å². The highest BCUT2D eigenvalue weighted by Gasteiger charge is 2.56. The number of aliphatic imine (C=N–C) groups is 1. The van der Waals surface area contributed by atoms with Crippen LogP contribution in [-0.2, 0) is 28.5 Å². The van der Waals surface area contributed by atoms with Crippen LogP contribution in [0, 0.1) is 0 Å². The maximum absolute atomic E-state index is 12.9. The van der Waals surface area contributed by atoms with E-state index in [0.717, 1.165) is 0 Å². The van der Waals surface area contributed by atoms with Crippen LogP contribution in [-0.4, -0.2) is 54.3 Å². The minimum Gasteiger partial charge on any atom is -0.459 e. The molecule has 204 valence electrons. The van der Waals surface area contributed by atoms with Crippen molar-refractivity contribution in [2.45, 2.75) is 103 Å². The monoisotopic (exact) mass is 536 g/mol. The Kier molecular flexibility index (Phi) is 12.8. The van der Waals surface area contributed by atoms with Crippen LogP contribution in [0.25, 0.3) is 0 Å². The Hall–Kier alpha value is -1.59. The number of alkyl halides is 5. The summed E-state index contributed by atoms with van der Waals surface area (Å²) < 4.78 is 79.2. The van der Waals surface area contributed by atoms with E-state index in [4.69, 9.17) is 23.7 Å². The molecule has 0 saturated heterocycles. The number of hydrogen-bond donors (Lipinski definition) is 0. The van der Waals surface area contributed by atoms with E-state index < -0.39 is 44.1 Å². The zero-order valence-electron chi connectivity index (χ0n) is 20.6. The second-order valence-electron chi connectivity index (χ2n) is 8.66. The first-order chi connectivity index (χ1) is 16.2. The first-order valence-corrected chi connectivity index (χ1v) is 12.7. The number of oxime groups is 1. The summed E-state index contributed by atoms with van der Waals surface area (Å²) in [6.07, 6.45) is -5.75. The molecule has 14 heteroatoms. The maximum Gasteiger partial charge on any atom is 0.453 e. The molecule has 0 aromatic carbocycles. The summed E-state index contributed by atoms with van der Waals surface area (Å²) in [7, 11) is -1.66. The number of rotatable bonds is 15. The first-order valence-electron chi connectivity index (χ1n) is 11.4. The van der Waals surface area contributed by atoms with Gasteiger partial charge in [0.25, 0.3) is 5.90 Å². The number of carbonyl (C=O) groups is 1. The molecule has 0 aromatic heterocycles. The standard InChI is InChI=1S/C21H34F5N2O6P/c1-6-30-35(31-7-2)15(18(29)32-19(3,4)5)14-17-27-16(28-34-33-17)12-10-8-9-11-13-20(22,23)21(24,25)26/h15H,6-14H2,1-5H3. The van der Waals surface area contributed by atoms with Crippen LogP contribution in [0.1, 0.15) is 79.6 Å². The average Bonchev–Trinajstić information content (AvgIpc) is 2.72. The van der Waals surface area contributed by atoms with Gasteiger partial charge >= 0.3 is 18.1 Å². The van der Waals surface area contributed by atoms with Crippen LogP contribution < -0.4 is 0 Å². The highest BCUT2D eigenvalue weighted by Crippen LogP contribution is 2.46. The second-order valence-corrected chi connectivity index (χ2v) is 10.4. The third kappa shape index (κ3) is 11.8. The first kappa shape index (κ1) is 31.4. The van der Waals surface area contributed by atoms with Gasteiger partial charge in [0.1, 0.15) is 11.3 Å². The highest BCUT2D eigenvalue weighted by molar-refractivity contribution is 7.49. The molecule has 1 aliphatic rings. The Morgan fingerprint density at radius 2 is 1.60 bits per heavy atom. The molecular weight excluding hydrogens is 502 g/mol. The normalized spacial score (nSPS) is 15.7. The van der Waals surface area contributed by atoms with Gasteiger partial charge in [-0.15, -0.1) is 0 Å². The van der Waals surface area contributed by atoms with E-state index in [2.05, 4.69) is 10.1 Å². The lowest BCUT2D eigenvalue weighted by Gasteiger charge is -2.28. The highest BCUT2D eigenvalue weighted by atomic mass is 31.2. The Bertz CT molecular complexity index is 722. The zero-order valence-corrected chi connectivity index (χ0v) is 21.5. The van der Waals surface area contributed by atoms with Crippen molar-refractivity contribution < 1.29 is 50.4 Å². The maximum atomic E-state index is 12.9. The molecule has 1 rings (SSSR count). The predicted molar refractivity (Wildman–Crippen MR) is 120 cm³/mol. The lowest BCUT2D eigenvalue weighted by atomic mass is 10.1. The van der Waals surface area contributed by atoms with Gasteiger partial charge in [0.2, 0.25) is 0 Å². The lowest BCUT2D eigenvalue weighted by molar-refractivity contribution is -0.284. The summed E-state index contributed by atoms with van der Waals surface area (Å²) in [5, 5.41) is 3.66. The Morgan fingerprint density at radius 3 is 2.14 bits per heavy atom. The van der Waals surface area contributed by atoms with Gasteiger partial charge in [0, 0.05) is 12.8 Å². The third-order valence-electron chi connectivity index (χ3n) is 4.40. The summed E-state index contributed by atoms with van der Waals surface area (Å²) in [5.74, 6) is -4.93. The molecule has 35 heavy (non-hydrogen) atoms. The number of unbranched alkanes of at least 4 members (excludes halogenated alkanes) is 3. The van der Waals surface area contributed by atoms with Gasteiger partial charge in [-0.25, -0.2) is 0 Å². The van der Waals surface area contributed by atoms with Crippen LogP contribution in [0.15, 0.2) is 10.1 Å². The molecule has 0 fully saturated rings. The molecule has 0 spiro atoms. The molecule has 0 aliphatic carbocycles. The molecule has 1 unspecified atom stereocenters. The molecule has 8 nitrogen and oxygen atoms in total. The van der Waals surface area contributed by atoms with Crippen molar-refractivity contribution in [2.75, 3.05) is 13.2 Å². The van der Waals surface area contributed by atoms with E-state index in [1.807, 2.05) is 0 Å². The molecular formula is C21H34F5N2O6P. The van der Waals surface area contributed by atoms with Gasteiger partial charge in [-0.3, -0.25) is 9.68 Å². The zero-order chi connectivity index (χ0) is 26.7. The van der Waals surface area contributed by atoms with Gasteiger partial charge in [-0.1, -0.05) is 12.8 Å². The summed E-state index contributed by atoms with van der Waals surface area (Å²) in [5.41, 5.74) is -1.59. The van der Waals surface area contributed by atoms with Crippen LogP contribution in [0.2, 0.25) is 0 Å². The molecule has 0 bridgehead atoms. The van der Waals surface area contributed by atoms with Gasteiger partial charge in [0.15, 0.2) is 14.2 Å². The molecule has 0 radical (unpaired) electrons. The summed E-state index contributed by atoms with van der Waals surface area (Å²) in [4.78, 5) is 26.8. The summed E-state index contributed by atoms with van der Waals surface area (Å²) >= 11 is 0. The molecule has 0 N–H and O–H groups in total. The molecule has 0 amide bonds. The van der Waals surface area contributed by atoms with E-state index in [-0.39, 0.29) is 37.4 Å². The fourth-order valence-electron chi connectivity index (χ4n) is 2.85. The molecule has 1 aliphatic heterocycles. The van der Waals surface area contributed by atoms with Crippen LogP contribution in [0.3, 0.4) is 0 Å². The molecule has 0 saturated carbocycles. The second kappa shape index (κ2) is 14.2. The fraction of sp³-hybridized carbons (Fsp3) is 0.857. The SMILES string of the molecule is CCOP(OCC)C(CC1=NC(CCCCCCC(F)(F)C(F)(F)F)=NOO1)C(=O)OC(C)(C)C. The lowest BCUT2D eigenvalue weighted by Crippen LogP contribution is -2.36. The van der Waals surface area contributed by atoms with Crippen LogP contribution in [0.4, 0.5) is 22.0 Å². The van der Waals surface area contributed by atoms with Crippen LogP contribution >= 0.6 is 8.38 Å². The smallest absolute Gasteiger partial charge is 0.453 e. The van der Waals surface area contributed by atoms with Crippen molar-refractivity contribution in [2.24, 2.45) is 10.1 Å². The van der Waals surface area contributed by atoms with Crippen molar-refractivity contribution in [3.63, 3.8) is 0 Å². The minimum atomic E-state index is -5.53. The third-order valence-corrected chi connectivity index (χ3v) is 6.33. The van der Waals surface area contributed by atoms with Gasteiger partial charge in [0.05, 0.1) is 19.6 Å². The van der Waals surface area contributed by atoms with Gasteiger partial charge in [-0.2, -0.15) is 31.9 Å². The van der Waals surface area contributed by atoms with Crippen molar-refractivity contribution in [3.05, 3.63) is 0 Å². The Morgan fingerprint density at radius 1 is 1.00 bits per heavy atom. The number of ether oxygens (including phenoxy) is 1. The number of hydrogen-bond acceptors (Lipinski definition) is 8. The van der Waals surface area contributed by atoms with Crippen LogP contribution in [0.5, 0.6) is 0 Å². The Balaban J connectivity index is 2.68. The molecule has 1 heterocycles. The van der Waals surface area contributed by atoms with Crippen molar-refractivity contribution in [1.29, 1.82) is 0 Å². The van der Waals surface area contributed by atoms with Crippen molar-refractivity contribution in [1.82, 2.24) is 0 Å². The van der Waals surface area contributed by atoms with E-state index in [0.29, 0.717) is 26.1 Å². The predicted octanol–water partition coefficient (Wildman–Crippen LogP) is 6.68. The quantitative estimate of drug-likeness (QED) is 0.0763. The van der Waals surface area contributed by atoms with Gasteiger partial charge in [-0.05, 0) is 52.6 Å². The largest absolute Gasteiger partial charge is 0.459 e. The number of esters is 1. The van der Waals surface area contributed by atoms with E-state index >= 15 is 0 Å². The number of nitrogens with zero attached hydrogens (tertiary/aromatic N) is 2. The fourth-order valence-corrected chi connectivity index (χ4v) is 4.32. The van der Waals surface area contributed by atoms with Crippen molar-refractivity contribution >= 4 is 26.1 Å². The molecule has 0 aromatic rings. The van der Waals surface area contributed by atoms with E-state index in [9.17, 15) is 26.7 Å². The molecule has 1 atom stereocenters. The summed E-state index contributed by atoms with van der Waals surface area (Å²) in [6.45, 7) is 9.38. The number of carbonyl (C=O) groups excluding carboxylic acids is 1.